The summed E-state index contributed by atoms with van der Waals surface area (Å²) in [5, 5.41) is 0. The Kier molecular flexibility index (Phi) is 7.22. The van der Waals surface area contributed by atoms with Gasteiger partial charge in [-0.25, -0.2) is 4.79 Å². The van der Waals surface area contributed by atoms with E-state index in [1.807, 2.05) is 30.3 Å². The first kappa shape index (κ1) is 24.2. The second-order valence-electron chi connectivity index (χ2n) is 10.0. The van der Waals surface area contributed by atoms with Crippen LogP contribution in [0.2, 0.25) is 0 Å². The Bertz CT molecular complexity index is 979. The highest BCUT2D eigenvalue weighted by Crippen LogP contribution is 2.38. The molecule has 0 bridgehead atoms. The Morgan fingerprint density at radius 2 is 1.88 bits per heavy atom. The minimum absolute atomic E-state index is 0.273. The van der Waals surface area contributed by atoms with Crippen molar-refractivity contribution in [3.8, 4) is 0 Å². The molecule has 0 saturated carbocycles. The van der Waals surface area contributed by atoms with Crippen molar-refractivity contribution in [2.24, 2.45) is 11.7 Å². The van der Waals surface area contributed by atoms with Crippen LogP contribution in [-0.2, 0) is 16.0 Å². The maximum absolute atomic E-state index is 13.5. The Morgan fingerprint density at radius 3 is 2.47 bits per heavy atom. The van der Waals surface area contributed by atoms with Gasteiger partial charge in [-0.1, -0.05) is 54.1 Å². The number of urea groups is 1. The van der Waals surface area contributed by atoms with Crippen molar-refractivity contribution in [2.75, 3.05) is 32.7 Å². The predicted molar refractivity (Wildman–Crippen MR) is 132 cm³/mol. The third kappa shape index (κ3) is 4.94. The number of nitrogens with two attached hydrogens (primary N) is 1. The van der Waals surface area contributed by atoms with Gasteiger partial charge in [-0.15, -0.1) is 0 Å². The smallest absolute Gasteiger partial charge is 0.328 e. The van der Waals surface area contributed by atoms with Crippen molar-refractivity contribution in [1.29, 1.82) is 0 Å². The summed E-state index contributed by atoms with van der Waals surface area (Å²) in [6.07, 6.45) is 7.47. The van der Waals surface area contributed by atoms with Crippen LogP contribution in [0.15, 0.2) is 54.1 Å². The zero-order valence-corrected chi connectivity index (χ0v) is 20.2. The number of allylic oxidation sites excluding steroid dienone is 2. The monoisotopic (exact) mass is 464 g/mol. The fourth-order valence-corrected chi connectivity index (χ4v) is 5.60. The third-order valence-electron chi connectivity index (χ3n) is 7.71. The number of carbonyl (C=O) groups is 3. The molecule has 0 aromatic heterocycles. The summed E-state index contributed by atoms with van der Waals surface area (Å²) >= 11 is 0. The van der Waals surface area contributed by atoms with Gasteiger partial charge in [-0.2, -0.15) is 0 Å². The number of hydrogen-bond acceptors (Lipinski definition) is 4. The molecule has 1 spiro atoms. The fraction of sp³-hybridized carbons (Fsp3) is 0.519. The number of rotatable bonds is 8. The molecule has 34 heavy (non-hydrogen) atoms. The summed E-state index contributed by atoms with van der Waals surface area (Å²) in [6.45, 7) is 8.69. The molecule has 182 valence electrons. The van der Waals surface area contributed by atoms with Crippen molar-refractivity contribution in [2.45, 2.75) is 51.0 Å². The molecule has 1 aromatic carbocycles. The largest absolute Gasteiger partial charge is 0.368 e. The number of piperidine rings is 1. The van der Waals surface area contributed by atoms with Crippen LogP contribution in [0, 0.1) is 5.92 Å². The Labute approximate surface area is 202 Å². The van der Waals surface area contributed by atoms with E-state index in [4.69, 9.17) is 5.73 Å². The molecule has 4 amide bonds. The predicted octanol–water partition coefficient (Wildman–Crippen LogP) is 3.12. The van der Waals surface area contributed by atoms with Gasteiger partial charge in [-0.3, -0.25) is 19.4 Å². The van der Waals surface area contributed by atoms with Crippen molar-refractivity contribution < 1.29 is 14.4 Å². The lowest BCUT2D eigenvalue weighted by molar-refractivity contribution is -0.137. The first-order valence-electron chi connectivity index (χ1n) is 12.3. The molecular weight excluding hydrogens is 428 g/mol. The first-order chi connectivity index (χ1) is 16.3. The normalized spacial score (nSPS) is 22.9. The summed E-state index contributed by atoms with van der Waals surface area (Å²) in [5.74, 6) is -0.355. The zero-order valence-electron chi connectivity index (χ0n) is 20.2. The Morgan fingerprint density at radius 1 is 1.18 bits per heavy atom. The van der Waals surface area contributed by atoms with Crippen molar-refractivity contribution in [1.82, 2.24) is 14.7 Å². The van der Waals surface area contributed by atoms with E-state index < -0.39 is 17.5 Å². The van der Waals surface area contributed by atoms with Gasteiger partial charge in [-0.05, 0) is 56.9 Å². The summed E-state index contributed by atoms with van der Waals surface area (Å²) in [5.41, 5.74) is 8.30. The van der Waals surface area contributed by atoms with Gasteiger partial charge < -0.3 is 10.6 Å². The van der Waals surface area contributed by atoms with E-state index in [-0.39, 0.29) is 12.5 Å². The molecule has 0 unspecified atom stereocenters. The number of likely N-dealkylation sites (tertiary alicyclic amines) is 1. The van der Waals surface area contributed by atoms with Crippen LogP contribution in [0.25, 0.3) is 0 Å². The number of carbonyl (C=O) groups excluding carboxylic acids is 3. The van der Waals surface area contributed by atoms with E-state index in [2.05, 4.69) is 24.5 Å². The quantitative estimate of drug-likeness (QED) is 0.473. The van der Waals surface area contributed by atoms with Crippen LogP contribution < -0.4 is 5.73 Å². The van der Waals surface area contributed by atoms with E-state index >= 15 is 0 Å². The topological polar surface area (TPSA) is 87.0 Å². The number of benzene rings is 1. The lowest BCUT2D eigenvalue weighted by Gasteiger charge is -2.42. The molecule has 0 radical (unpaired) electrons. The van der Waals surface area contributed by atoms with E-state index in [0.717, 1.165) is 49.4 Å². The van der Waals surface area contributed by atoms with Gasteiger partial charge in [0.15, 0.2) is 0 Å². The molecule has 2 aliphatic heterocycles. The highest BCUT2D eigenvalue weighted by molar-refractivity contribution is 6.09. The highest BCUT2D eigenvalue weighted by atomic mass is 16.2. The van der Waals surface area contributed by atoms with Crippen LogP contribution in [0.3, 0.4) is 0 Å². The van der Waals surface area contributed by atoms with Gasteiger partial charge in [0.2, 0.25) is 5.91 Å². The minimum atomic E-state index is -0.885. The molecule has 2 fully saturated rings. The van der Waals surface area contributed by atoms with Crippen LogP contribution in [0.5, 0.6) is 0 Å². The zero-order chi connectivity index (χ0) is 24.3. The number of amides is 4. The third-order valence-corrected chi connectivity index (χ3v) is 7.71. The second kappa shape index (κ2) is 10.1. The second-order valence-corrected chi connectivity index (χ2v) is 10.0. The van der Waals surface area contributed by atoms with Crippen LogP contribution in [0.4, 0.5) is 4.79 Å². The van der Waals surface area contributed by atoms with Crippen LogP contribution in [0.1, 0.15) is 44.6 Å². The van der Waals surface area contributed by atoms with Gasteiger partial charge in [0.05, 0.1) is 0 Å². The van der Waals surface area contributed by atoms with Gasteiger partial charge >= 0.3 is 6.03 Å². The average molecular weight is 465 g/mol. The molecular formula is C27H36N4O3. The van der Waals surface area contributed by atoms with Gasteiger partial charge in [0, 0.05) is 26.2 Å². The Hall–Kier alpha value is -2.93. The molecule has 3 aliphatic rings. The number of primary amides is 1. The van der Waals surface area contributed by atoms with Gasteiger partial charge in [0.1, 0.15) is 12.1 Å². The van der Waals surface area contributed by atoms with Crippen LogP contribution in [-0.4, -0.2) is 70.8 Å². The molecule has 7 nitrogen and oxygen atoms in total. The summed E-state index contributed by atoms with van der Waals surface area (Å²) < 4.78 is 0. The highest BCUT2D eigenvalue weighted by Gasteiger charge is 2.57. The SMILES string of the molecule is C=C(C)[C@@H]1CC=C(CN2CCC3(CC2)C(=O)N(CC(N)=O)C(=O)N3CCc2ccccc2)CC1. The first-order valence-corrected chi connectivity index (χ1v) is 12.3. The lowest BCUT2D eigenvalue weighted by atomic mass is 9.83. The van der Waals surface area contributed by atoms with E-state index in [0.29, 0.717) is 31.7 Å². The molecule has 2 heterocycles. The number of imide groups is 1. The Balaban J connectivity index is 1.45. The molecule has 2 N–H and O–H groups in total. The van der Waals surface area contributed by atoms with Crippen molar-refractivity contribution >= 4 is 17.8 Å². The summed E-state index contributed by atoms with van der Waals surface area (Å²) in [7, 11) is 0. The molecule has 2 saturated heterocycles. The van der Waals surface area contributed by atoms with Crippen molar-refractivity contribution in [3.05, 3.63) is 59.7 Å². The summed E-state index contributed by atoms with van der Waals surface area (Å²) in [6, 6.07) is 9.55. The summed E-state index contributed by atoms with van der Waals surface area (Å²) in [4.78, 5) is 43.4. The maximum Gasteiger partial charge on any atom is 0.328 e. The van der Waals surface area contributed by atoms with E-state index in [9.17, 15) is 14.4 Å². The maximum atomic E-state index is 13.5. The minimum Gasteiger partial charge on any atom is -0.368 e. The standard InChI is InChI=1S/C27H36N4O3/c1-20(2)23-10-8-22(9-11-23)18-29-16-13-27(14-17-29)25(33)30(19-24(28)32)26(34)31(27)15-12-21-6-4-3-5-7-21/h3-8,23H,1,9-19H2,2H3,(H2,28,32)/t23-/m1/s1. The molecule has 1 atom stereocenters. The molecule has 1 aliphatic carbocycles. The number of hydrogen-bond donors (Lipinski definition) is 1. The molecule has 4 rings (SSSR count). The van der Waals surface area contributed by atoms with E-state index in [1.54, 1.807) is 4.90 Å². The van der Waals surface area contributed by atoms with Crippen LogP contribution >= 0.6 is 0 Å². The number of nitrogens with zero attached hydrogens (tertiary/aromatic N) is 3. The van der Waals surface area contributed by atoms with E-state index in [1.165, 1.54) is 11.1 Å². The fourth-order valence-electron chi connectivity index (χ4n) is 5.60. The lowest BCUT2D eigenvalue weighted by Crippen LogP contribution is -2.57. The molecule has 1 aromatic rings. The van der Waals surface area contributed by atoms with Crippen molar-refractivity contribution in [3.63, 3.8) is 0 Å². The average Bonchev–Trinajstić information content (AvgIpc) is 3.01. The van der Waals surface area contributed by atoms with Gasteiger partial charge in [0.25, 0.3) is 5.91 Å². The molecule has 7 heteroatoms.